The number of carbonyl (C=O) groups excluding carboxylic acids is 1. The molecule has 158 valence electrons. The molecular weight excluding hydrogens is 376 g/mol. The maximum absolute atomic E-state index is 12.8. The number of ether oxygens (including phenoxy) is 1. The van der Waals surface area contributed by atoms with Crippen LogP contribution in [0, 0.1) is 13.8 Å². The molecule has 0 aliphatic carbocycles. The lowest BCUT2D eigenvalue weighted by atomic mass is 10.0. The van der Waals surface area contributed by atoms with Crippen LogP contribution in [-0.2, 0) is 11.2 Å². The Kier molecular flexibility index (Phi) is 6.09. The van der Waals surface area contributed by atoms with E-state index >= 15 is 0 Å². The number of amides is 1. The quantitative estimate of drug-likeness (QED) is 0.625. The van der Waals surface area contributed by atoms with Gasteiger partial charge in [0.2, 0.25) is 5.91 Å². The van der Waals surface area contributed by atoms with Crippen molar-refractivity contribution in [3.8, 4) is 5.75 Å². The summed E-state index contributed by atoms with van der Waals surface area (Å²) < 4.78 is 11.2. The number of carbonyl (C=O) groups is 1. The number of benzene rings is 2. The first-order chi connectivity index (χ1) is 14.6. The maximum Gasteiger partial charge on any atom is 0.224 e. The summed E-state index contributed by atoms with van der Waals surface area (Å²) in [5, 5.41) is 4.19. The zero-order chi connectivity index (χ0) is 21.1. The second kappa shape index (κ2) is 8.92. The number of aryl methyl sites for hydroxylation is 2. The lowest BCUT2D eigenvalue weighted by Gasteiger charge is -2.28. The monoisotopic (exact) mass is 406 g/mol. The number of rotatable bonds is 7. The summed E-state index contributed by atoms with van der Waals surface area (Å²) in [4.78, 5) is 15.2. The molecule has 30 heavy (non-hydrogen) atoms. The normalized spacial score (nSPS) is 15.4. The molecule has 5 heteroatoms. The highest BCUT2D eigenvalue weighted by atomic mass is 16.5. The first kappa shape index (κ1) is 20.5. The van der Waals surface area contributed by atoms with Gasteiger partial charge in [0.05, 0.1) is 25.8 Å². The van der Waals surface area contributed by atoms with Gasteiger partial charge in [-0.15, -0.1) is 0 Å². The molecular formula is C25H30N2O3. The van der Waals surface area contributed by atoms with Crippen molar-refractivity contribution in [1.82, 2.24) is 10.2 Å². The van der Waals surface area contributed by atoms with Gasteiger partial charge in [-0.05, 0) is 68.6 Å². The summed E-state index contributed by atoms with van der Waals surface area (Å²) in [6, 6.07) is 12.4. The van der Waals surface area contributed by atoms with E-state index < -0.39 is 0 Å². The number of nitrogens with zero attached hydrogens (tertiary/aromatic N) is 1. The summed E-state index contributed by atoms with van der Waals surface area (Å²) in [6.45, 7) is 6.83. The Morgan fingerprint density at radius 2 is 2.00 bits per heavy atom. The Morgan fingerprint density at radius 3 is 2.77 bits per heavy atom. The maximum atomic E-state index is 12.8. The highest BCUT2D eigenvalue weighted by Gasteiger charge is 2.24. The zero-order valence-electron chi connectivity index (χ0n) is 18.0. The molecule has 1 saturated heterocycles. The van der Waals surface area contributed by atoms with Gasteiger partial charge in [-0.3, -0.25) is 9.69 Å². The summed E-state index contributed by atoms with van der Waals surface area (Å²) >= 11 is 0. The van der Waals surface area contributed by atoms with Crippen LogP contribution >= 0.6 is 0 Å². The van der Waals surface area contributed by atoms with Gasteiger partial charge in [-0.25, -0.2) is 0 Å². The molecule has 1 fully saturated rings. The minimum Gasteiger partial charge on any atom is -0.497 e. The van der Waals surface area contributed by atoms with Crippen molar-refractivity contribution >= 4 is 16.9 Å². The van der Waals surface area contributed by atoms with Gasteiger partial charge < -0.3 is 14.5 Å². The summed E-state index contributed by atoms with van der Waals surface area (Å²) in [5.74, 6) is 0.863. The summed E-state index contributed by atoms with van der Waals surface area (Å²) in [5.41, 5.74) is 5.32. The van der Waals surface area contributed by atoms with E-state index in [0.29, 0.717) is 13.0 Å². The second-order valence-corrected chi connectivity index (χ2v) is 8.16. The van der Waals surface area contributed by atoms with Crippen LogP contribution in [-0.4, -0.2) is 37.6 Å². The fraction of sp³-hybridized carbons (Fsp3) is 0.400. The van der Waals surface area contributed by atoms with Crippen molar-refractivity contribution in [3.05, 3.63) is 64.9 Å². The van der Waals surface area contributed by atoms with E-state index in [4.69, 9.17) is 9.15 Å². The molecule has 0 saturated carbocycles. The topological polar surface area (TPSA) is 54.7 Å². The van der Waals surface area contributed by atoms with Gasteiger partial charge in [0.15, 0.2) is 0 Å². The van der Waals surface area contributed by atoms with Gasteiger partial charge in [-0.2, -0.15) is 0 Å². The number of methoxy groups -OCH3 is 1. The van der Waals surface area contributed by atoms with Crippen molar-refractivity contribution < 1.29 is 13.9 Å². The lowest BCUT2D eigenvalue weighted by Crippen LogP contribution is -2.37. The average molecular weight is 407 g/mol. The van der Waals surface area contributed by atoms with Crippen LogP contribution in [0.3, 0.4) is 0 Å². The Morgan fingerprint density at radius 1 is 1.20 bits per heavy atom. The molecule has 4 rings (SSSR count). The van der Waals surface area contributed by atoms with Crippen molar-refractivity contribution in [2.24, 2.45) is 0 Å². The van der Waals surface area contributed by atoms with Crippen LogP contribution < -0.4 is 10.1 Å². The Hall–Kier alpha value is -2.79. The Labute approximate surface area is 178 Å². The highest BCUT2D eigenvalue weighted by Crippen LogP contribution is 2.28. The van der Waals surface area contributed by atoms with E-state index in [1.165, 1.54) is 24.0 Å². The number of nitrogens with one attached hydrogen (secondary N) is 1. The van der Waals surface area contributed by atoms with Gasteiger partial charge >= 0.3 is 0 Å². The SMILES string of the molecule is COc1cccc(C(CNC(=O)Cc2coc3c(C)c(C)ccc23)N2CCCC2)c1. The molecule has 1 amide bonds. The Balaban J connectivity index is 1.47. The minimum atomic E-state index is 0.0167. The molecule has 1 N–H and O–H groups in total. The molecule has 1 atom stereocenters. The molecule has 0 bridgehead atoms. The van der Waals surface area contributed by atoms with E-state index in [0.717, 1.165) is 40.9 Å². The number of hydrogen-bond donors (Lipinski definition) is 1. The van der Waals surface area contributed by atoms with E-state index in [9.17, 15) is 4.79 Å². The first-order valence-corrected chi connectivity index (χ1v) is 10.7. The number of fused-ring (bicyclic) bond motifs is 1. The lowest BCUT2D eigenvalue weighted by molar-refractivity contribution is -0.120. The van der Waals surface area contributed by atoms with Crippen molar-refractivity contribution in [2.45, 2.75) is 39.2 Å². The van der Waals surface area contributed by atoms with Crippen LogP contribution in [0.1, 0.15) is 41.1 Å². The fourth-order valence-electron chi connectivity index (χ4n) is 4.33. The third-order valence-corrected chi connectivity index (χ3v) is 6.25. The van der Waals surface area contributed by atoms with E-state index in [1.807, 2.05) is 18.2 Å². The molecule has 1 unspecified atom stereocenters. The zero-order valence-corrected chi connectivity index (χ0v) is 18.0. The van der Waals surface area contributed by atoms with Crippen LogP contribution in [0.4, 0.5) is 0 Å². The van der Waals surface area contributed by atoms with Crippen molar-refractivity contribution in [2.75, 3.05) is 26.7 Å². The minimum absolute atomic E-state index is 0.0167. The third-order valence-electron chi connectivity index (χ3n) is 6.25. The van der Waals surface area contributed by atoms with Crippen molar-refractivity contribution in [1.29, 1.82) is 0 Å². The average Bonchev–Trinajstić information content (AvgIpc) is 3.42. The van der Waals surface area contributed by atoms with Crippen LogP contribution in [0.5, 0.6) is 5.75 Å². The summed E-state index contributed by atoms with van der Waals surface area (Å²) in [6.07, 6.45) is 4.44. The third kappa shape index (κ3) is 4.21. The largest absolute Gasteiger partial charge is 0.497 e. The van der Waals surface area contributed by atoms with Crippen LogP contribution in [0.15, 0.2) is 47.1 Å². The van der Waals surface area contributed by atoms with Gasteiger partial charge in [0.25, 0.3) is 0 Å². The molecule has 0 radical (unpaired) electrons. The van der Waals surface area contributed by atoms with E-state index in [2.05, 4.69) is 42.3 Å². The van der Waals surface area contributed by atoms with E-state index in [-0.39, 0.29) is 11.9 Å². The predicted octanol–water partition coefficient (Wildman–Crippen LogP) is 4.55. The Bertz CT molecular complexity index is 1030. The highest BCUT2D eigenvalue weighted by molar-refractivity contribution is 5.89. The van der Waals surface area contributed by atoms with Gasteiger partial charge in [0.1, 0.15) is 11.3 Å². The molecule has 2 heterocycles. The fourth-order valence-corrected chi connectivity index (χ4v) is 4.33. The smallest absolute Gasteiger partial charge is 0.224 e. The van der Waals surface area contributed by atoms with E-state index in [1.54, 1.807) is 13.4 Å². The molecule has 1 aliphatic heterocycles. The molecule has 1 aromatic heterocycles. The number of furan rings is 1. The first-order valence-electron chi connectivity index (χ1n) is 10.7. The number of hydrogen-bond acceptors (Lipinski definition) is 4. The van der Waals surface area contributed by atoms with Crippen LogP contribution in [0.2, 0.25) is 0 Å². The number of likely N-dealkylation sites (tertiary alicyclic amines) is 1. The standard InChI is InChI=1S/C25H30N2O3/c1-17-9-10-22-20(16-30-25(22)18(17)2)14-24(28)26-15-23(27-11-4-5-12-27)19-7-6-8-21(13-19)29-3/h6-10,13,16,23H,4-5,11-12,14-15H2,1-3H3,(H,26,28). The van der Waals surface area contributed by atoms with Gasteiger partial charge in [0, 0.05) is 17.5 Å². The molecule has 1 aliphatic rings. The predicted molar refractivity (Wildman–Crippen MR) is 119 cm³/mol. The second-order valence-electron chi connectivity index (χ2n) is 8.16. The van der Waals surface area contributed by atoms with Crippen molar-refractivity contribution in [3.63, 3.8) is 0 Å². The molecule has 3 aromatic rings. The van der Waals surface area contributed by atoms with Gasteiger partial charge in [-0.1, -0.05) is 24.3 Å². The summed E-state index contributed by atoms with van der Waals surface area (Å²) in [7, 11) is 1.68. The molecule has 0 spiro atoms. The van der Waals surface area contributed by atoms with Crippen LogP contribution in [0.25, 0.3) is 11.0 Å². The molecule has 2 aromatic carbocycles. The molecule has 5 nitrogen and oxygen atoms in total.